The van der Waals surface area contributed by atoms with Crippen molar-refractivity contribution in [1.82, 2.24) is 5.32 Å². The first-order valence-corrected chi connectivity index (χ1v) is 8.78. The number of halogens is 2. The van der Waals surface area contributed by atoms with Gasteiger partial charge in [-0.05, 0) is 40.4 Å². The molecule has 1 fully saturated rings. The number of rotatable bonds is 4. The second-order valence-electron chi connectivity index (χ2n) is 4.80. The Balaban J connectivity index is 2.31. The Hall–Kier alpha value is -0.630. The van der Waals surface area contributed by atoms with Crippen molar-refractivity contribution in [2.75, 3.05) is 0 Å². The summed E-state index contributed by atoms with van der Waals surface area (Å²) in [5, 5.41) is 8.09. The van der Waals surface area contributed by atoms with Gasteiger partial charge in [-0.3, -0.25) is 4.79 Å². The molecule has 1 amide bonds. The second kappa shape index (κ2) is 5.63. The van der Waals surface area contributed by atoms with Crippen LogP contribution in [0.1, 0.15) is 30.1 Å². The maximum atomic E-state index is 12.2. The molecule has 1 saturated carbocycles. The van der Waals surface area contributed by atoms with Gasteiger partial charge in [0.1, 0.15) is 0 Å². The molecule has 3 N–H and O–H groups in total. The molecule has 1 aliphatic rings. The highest BCUT2D eigenvalue weighted by Gasteiger charge is 2.37. The molecular formula is C12H14BrClN2O3S. The largest absolute Gasteiger partial charge is 0.349 e. The van der Waals surface area contributed by atoms with Crippen LogP contribution < -0.4 is 10.5 Å². The number of amides is 1. The zero-order valence-electron chi connectivity index (χ0n) is 10.7. The lowest BCUT2D eigenvalue weighted by Crippen LogP contribution is -2.27. The number of primary sulfonamides is 1. The molecule has 110 valence electrons. The molecule has 0 bridgehead atoms. The van der Waals surface area contributed by atoms with Gasteiger partial charge in [0, 0.05) is 10.5 Å². The minimum atomic E-state index is -3.90. The van der Waals surface area contributed by atoms with Gasteiger partial charge in [-0.2, -0.15) is 0 Å². The Labute approximate surface area is 131 Å². The first-order valence-electron chi connectivity index (χ1n) is 6.06. The summed E-state index contributed by atoms with van der Waals surface area (Å²) >= 11 is 9.17. The highest BCUT2D eigenvalue weighted by Crippen LogP contribution is 2.34. The van der Waals surface area contributed by atoms with E-state index in [9.17, 15) is 13.2 Å². The SMILES string of the molecule is CCC1CC1NC(=O)c1cc(S(N)(=O)=O)cc(Br)c1Cl. The minimum Gasteiger partial charge on any atom is -0.349 e. The molecule has 0 aliphatic heterocycles. The number of nitrogens with one attached hydrogen (secondary N) is 1. The second-order valence-corrected chi connectivity index (χ2v) is 7.59. The van der Waals surface area contributed by atoms with Crippen molar-refractivity contribution in [3.05, 3.63) is 27.2 Å². The van der Waals surface area contributed by atoms with Crippen LogP contribution in [0.4, 0.5) is 0 Å². The third-order valence-electron chi connectivity index (χ3n) is 3.34. The average molecular weight is 382 g/mol. The van der Waals surface area contributed by atoms with Crippen LogP contribution in [0, 0.1) is 5.92 Å². The van der Waals surface area contributed by atoms with Crippen LogP contribution in [0.25, 0.3) is 0 Å². The number of benzene rings is 1. The Morgan fingerprint density at radius 1 is 1.55 bits per heavy atom. The molecule has 8 heteroatoms. The standard InChI is InChI=1S/C12H14BrClN2O3S/c1-2-6-3-10(6)16-12(17)8-4-7(20(15,18)19)5-9(13)11(8)14/h4-6,10H,2-3H2,1H3,(H,16,17)(H2,15,18,19). The lowest BCUT2D eigenvalue weighted by atomic mass is 10.2. The number of sulfonamides is 1. The molecule has 0 radical (unpaired) electrons. The maximum Gasteiger partial charge on any atom is 0.253 e. The van der Waals surface area contributed by atoms with Gasteiger partial charge in [0.15, 0.2) is 0 Å². The summed E-state index contributed by atoms with van der Waals surface area (Å²) in [4.78, 5) is 12.0. The van der Waals surface area contributed by atoms with Gasteiger partial charge in [-0.25, -0.2) is 13.6 Å². The number of hydrogen-bond acceptors (Lipinski definition) is 3. The van der Waals surface area contributed by atoms with Crippen LogP contribution in [-0.2, 0) is 10.0 Å². The molecule has 2 atom stereocenters. The van der Waals surface area contributed by atoms with Gasteiger partial charge in [-0.1, -0.05) is 24.9 Å². The lowest BCUT2D eigenvalue weighted by molar-refractivity contribution is 0.0949. The summed E-state index contributed by atoms with van der Waals surface area (Å²) in [6, 6.07) is 2.61. The molecule has 5 nitrogen and oxygen atoms in total. The smallest absolute Gasteiger partial charge is 0.253 e. The first-order chi connectivity index (χ1) is 9.24. The Morgan fingerprint density at radius 3 is 2.70 bits per heavy atom. The van der Waals surface area contributed by atoms with Gasteiger partial charge >= 0.3 is 0 Å². The van der Waals surface area contributed by atoms with Crippen LogP contribution in [-0.4, -0.2) is 20.4 Å². The van der Waals surface area contributed by atoms with E-state index in [1.54, 1.807) is 0 Å². The number of carbonyl (C=O) groups excluding carboxylic acids is 1. The normalized spacial score (nSPS) is 21.6. The van der Waals surface area contributed by atoms with Crippen LogP contribution >= 0.6 is 27.5 Å². The Morgan fingerprint density at radius 2 is 2.20 bits per heavy atom. The molecule has 1 aliphatic carbocycles. The van der Waals surface area contributed by atoms with Crippen molar-refractivity contribution in [1.29, 1.82) is 0 Å². The van der Waals surface area contributed by atoms with Crippen molar-refractivity contribution < 1.29 is 13.2 Å². The van der Waals surface area contributed by atoms with E-state index in [0.29, 0.717) is 10.4 Å². The Bertz CT molecular complexity index is 663. The molecule has 1 aromatic carbocycles. The zero-order chi connectivity index (χ0) is 15.1. The molecule has 0 heterocycles. The van der Waals surface area contributed by atoms with Crippen LogP contribution in [0.3, 0.4) is 0 Å². The third-order valence-corrected chi connectivity index (χ3v) is 5.49. The monoisotopic (exact) mass is 380 g/mol. The van der Waals surface area contributed by atoms with E-state index in [4.69, 9.17) is 16.7 Å². The topological polar surface area (TPSA) is 89.3 Å². The summed E-state index contributed by atoms with van der Waals surface area (Å²) in [5.41, 5.74) is 0.104. The number of nitrogens with two attached hydrogens (primary N) is 1. The van der Waals surface area contributed by atoms with E-state index in [2.05, 4.69) is 28.2 Å². The van der Waals surface area contributed by atoms with Gasteiger partial charge in [0.05, 0.1) is 15.5 Å². The van der Waals surface area contributed by atoms with Crippen molar-refractivity contribution >= 4 is 43.5 Å². The summed E-state index contributed by atoms with van der Waals surface area (Å²) in [7, 11) is -3.90. The van der Waals surface area contributed by atoms with E-state index in [-0.39, 0.29) is 27.4 Å². The number of carbonyl (C=O) groups is 1. The van der Waals surface area contributed by atoms with Crippen molar-refractivity contribution in [3.8, 4) is 0 Å². The van der Waals surface area contributed by atoms with Crippen molar-refractivity contribution in [2.24, 2.45) is 11.1 Å². The first kappa shape index (κ1) is 15.8. The highest BCUT2D eigenvalue weighted by molar-refractivity contribution is 9.10. The molecule has 2 unspecified atom stereocenters. The van der Waals surface area contributed by atoms with E-state index in [1.165, 1.54) is 12.1 Å². The fraction of sp³-hybridized carbons (Fsp3) is 0.417. The van der Waals surface area contributed by atoms with E-state index in [0.717, 1.165) is 12.8 Å². The highest BCUT2D eigenvalue weighted by atomic mass is 79.9. The molecule has 20 heavy (non-hydrogen) atoms. The maximum absolute atomic E-state index is 12.2. The lowest BCUT2D eigenvalue weighted by Gasteiger charge is -2.09. The fourth-order valence-electron chi connectivity index (χ4n) is 2.02. The predicted octanol–water partition coefficient (Wildman–Crippen LogP) is 2.28. The van der Waals surface area contributed by atoms with Gasteiger partial charge in [0.2, 0.25) is 10.0 Å². The van der Waals surface area contributed by atoms with Gasteiger partial charge in [0.25, 0.3) is 5.91 Å². The van der Waals surface area contributed by atoms with Crippen molar-refractivity contribution in [2.45, 2.75) is 30.7 Å². The van der Waals surface area contributed by atoms with Crippen molar-refractivity contribution in [3.63, 3.8) is 0 Å². The third kappa shape index (κ3) is 3.33. The van der Waals surface area contributed by atoms with E-state index < -0.39 is 10.0 Å². The number of hydrogen-bond donors (Lipinski definition) is 2. The molecule has 0 aromatic heterocycles. The minimum absolute atomic E-state index is 0.104. The molecule has 0 saturated heterocycles. The van der Waals surface area contributed by atoms with Crippen LogP contribution in [0.2, 0.25) is 5.02 Å². The molecule has 2 rings (SSSR count). The quantitative estimate of drug-likeness (QED) is 0.838. The zero-order valence-corrected chi connectivity index (χ0v) is 13.8. The summed E-state index contributed by atoms with van der Waals surface area (Å²) in [6.45, 7) is 2.06. The molecule has 1 aromatic rings. The van der Waals surface area contributed by atoms with E-state index >= 15 is 0 Å². The fourth-order valence-corrected chi connectivity index (χ4v) is 3.39. The summed E-state index contributed by atoms with van der Waals surface area (Å²) < 4.78 is 23.1. The average Bonchev–Trinajstić information content (AvgIpc) is 3.09. The van der Waals surface area contributed by atoms with Gasteiger partial charge < -0.3 is 5.32 Å². The van der Waals surface area contributed by atoms with E-state index in [1.807, 2.05) is 0 Å². The summed E-state index contributed by atoms with van der Waals surface area (Å²) in [6.07, 6.45) is 1.94. The molecular weight excluding hydrogens is 368 g/mol. The molecule has 0 spiro atoms. The van der Waals surface area contributed by atoms with Gasteiger partial charge in [-0.15, -0.1) is 0 Å². The van der Waals surface area contributed by atoms with Crippen LogP contribution in [0.5, 0.6) is 0 Å². The Kier molecular flexibility index (Phi) is 4.44. The van der Waals surface area contributed by atoms with Crippen LogP contribution in [0.15, 0.2) is 21.5 Å². The summed E-state index contributed by atoms with van der Waals surface area (Å²) in [5.74, 6) is 0.102. The predicted molar refractivity (Wildman–Crippen MR) is 80.2 cm³/mol.